The van der Waals surface area contributed by atoms with Crippen LogP contribution in [0.3, 0.4) is 0 Å². The summed E-state index contributed by atoms with van der Waals surface area (Å²) in [6, 6.07) is 0. The molecular formula is C7H13NO2. The van der Waals surface area contributed by atoms with Gasteiger partial charge in [-0.3, -0.25) is 0 Å². The summed E-state index contributed by atoms with van der Waals surface area (Å²) in [6.07, 6.45) is 1.56. The van der Waals surface area contributed by atoms with E-state index in [1.165, 1.54) is 11.3 Å². The highest BCUT2D eigenvalue weighted by Gasteiger charge is 2.28. The number of hydrogen-bond acceptors (Lipinski definition) is 1. The Morgan fingerprint density at radius 2 is 2.30 bits per heavy atom. The van der Waals surface area contributed by atoms with E-state index in [9.17, 15) is 4.79 Å². The van der Waals surface area contributed by atoms with Crippen LogP contribution in [0.2, 0.25) is 0 Å². The fourth-order valence-corrected chi connectivity index (χ4v) is 1.32. The maximum absolute atomic E-state index is 10.3. The highest BCUT2D eigenvalue weighted by Crippen LogP contribution is 2.19. The molecule has 0 spiro atoms. The van der Waals surface area contributed by atoms with E-state index in [1.807, 2.05) is 0 Å². The van der Waals surface area contributed by atoms with Gasteiger partial charge in [-0.2, -0.15) is 0 Å². The molecule has 0 bridgehead atoms. The molecule has 0 aromatic rings. The van der Waals surface area contributed by atoms with Crippen LogP contribution in [0.25, 0.3) is 0 Å². The molecule has 0 aliphatic carbocycles. The fraction of sp³-hybridized carbons (Fsp3) is 0.857. The molecule has 0 radical (unpaired) electrons. The van der Waals surface area contributed by atoms with E-state index in [0.717, 1.165) is 19.5 Å². The molecular weight excluding hydrogens is 130 g/mol. The third-order valence-corrected chi connectivity index (χ3v) is 1.92. The smallest absolute Gasteiger partial charge is 0.407 e. The minimum atomic E-state index is -0.771. The lowest BCUT2D eigenvalue weighted by atomic mass is 9.96. The van der Waals surface area contributed by atoms with Gasteiger partial charge in [0.05, 0.1) is 0 Å². The van der Waals surface area contributed by atoms with E-state index in [2.05, 4.69) is 6.92 Å². The van der Waals surface area contributed by atoms with Crippen LogP contribution < -0.4 is 0 Å². The molecule has 1 heterocycles. The van der Waals surface area contributed by atoms with Crippen molar-refractivity contribution in [3.8, 4) is 0 Å². The molecule has 1 aliphatic heterocycles. The van der Waals surface area contributed by atoms with Gasteiger partial charge in [0.25, 0.3) is 0 Å². The van der Waals surface area contributed by atoms with Crippen LogP contribution >= 0.6 is 0 Å². The van der Waals surface area contributed by atoms with E-state index in [0.29, 0.717) is 5.92 Å². The SMILES string of the molecule is CCCC1CN(C(=O)O)C1. The zero-order valence-corrected chi connectivity index (χ0v) is 6.21. The Balaban J connectivity index is 2.12. The van der Waals surface area contributed by atoms with E-state index in [1.54, 1.807) is 0 Å². The summed E-state index contributed by atoms with van der Waals surface area (Å²) < 4.78 is 0. The zero-order chi connectivity index (χ0) is 7.56. The minimum Gasteiger partial charge on any atom is -0.465 e. The van der Waals surface area contributed by atoms with Crippen molar-refractivity contribution < 1.29 is 9.90 Å². The van der Waals surface area contributed by atoms with Gasteiger partial charge in [-0.15, -0.1) is 0 Å². The second kappa shape index (κ2) is 2.90. The number of carbonyl (C=O) groups is 1. The lowest BCUT2D eigenvalue weighted by molar-refractivity contribution is 0.0781. The third-order valence-electron chi connectivity index (χ3n) is 1.92. The largest absolute Gasteiger partial charge is 0.465 e. The van der Waals surface area contributed by atoms with Crippen LogP contribution in [-0.4, -0.2) is 29.2 Å². The summed E-state index contributed by atoms with van der Waals surface area (Å²) in [5, 5.41) is 8.45. The molecule has 0 atom stereocenters. The van der Waals surface area contributed by atoms with E-state index >= 15 is 0 Å². The predicted octanol–water partition coefficient (Wildman–Crippen LogP) is 1.40. The molecule has 1 saturated heterocycles. The van der Waals surface area contributed by atoms with Gasteiger partial charge in [0, 0.05) is 13.1 Å². The average Bonchev–Trinajstić information content (AvgIpc) is 1.76. The monoisotopic (exact) mass is 143 g/mol. The Morgan fingerprint density at radius 1 is 1.70 bits per heavy atom. The van der Waals surface area contributed by atoms with Gasteiger partial charge in [-0.05, 0) is 12.3 Å². The lowest BCUT2D eigenvalue weighted by Crippen LogP contribution is -2.49. The number of nitrogens with zero attached hydrogens (tertiary/aromatic N) is 1. The Kier molecular flexibility index (Phi) is 2.14. The molecule has 1 rings (SSSR count). The summed E-state index contributed by atoms with van der Waals surface area (Å²) in [6.45, 7) is 3.63. The van der Waals surface area contributed by atoms with Gasteiger partial charge in [-0.25, -0.2) is 4.79 Å². The van der Waals surface area contributed by atoms with Crippen LogP contribution in [0.15, 0.2) is 0 Å². The first-order valence-corrected chi connectivity index (χ1v) is 3.72. The average molecular weight is 143 g/mol. The van der Waals surface area contributed by atoms with Crippen molar-refractivity contribution in [2.75, 3.05) is 13.1 Å². The Morgan fingerprint density at radius 3 is 2.70 bits per heavy atom. The van der Waals surface area contributed by atoms with Crippen molar-refractivity contribution in [2.45, 2.75) is 19.8 Å². The van der Waals surface area contributed by atoms with Crippen LogP contribution in [0.1, 0.15) is 19.8 Å². The Labute approximate surface area is 60.6 Å². The van der Waals surface area contributed by atoms with Gasteiger partial charge in [-0.1, -0.05) is 13.3 Å². The van der Waals surface area contributed by atoms with Crippen LogP contribution in [0.5, 0.6) is 0 Å². The maximum Gasteiger partial charge on any atom is 0.407 e. The van der Waals surface area contributed by atoms with Crippen molar-refractivity contribution in [3.63, 3.8) is 0 Å². The molecule has 0 aromatic heterocycles. The van der Waals surface area contributed by atoms with E-state index in [-0.39, 0.29) is 0 Å². The first-order valence-electron chi connectivity index (χ1n) is 3.72. The molecule has 58 valence electrons. The van der Waals surface area contributed by atoms with Crippen LogP contribution in [0.4, 0.5) is 4.79 Å². The summed E-state index contributed by atoms with van der Waals surface area (Å²) in [7, 11) is 0. The predicted molar refractivity (Wildman–Crippen MR) is 38.0 cm³/mol. The molecule has 1 fully saturated rings. The van der Waals surface area contributed by atoms with E-state index in [4.69, 9.17) is 5.11 Å². The van der Waals surface area contributed by atoms with Gasteiger partial charge >= 0.3 is 6.09 Å². The third kappa shape index (κ3) is 1.40. The molecule has 10 heavy (non-hydrogen) atoms. The molecule has 0 aromatic carbocycles. The highest BCUT2D eigenvalue weighted by molar-refractivity contribution is 5.65. The summed E-state index contributed by atoms with van der Waals surface area (Å²) in [5.74, 6) is 0.640. The number of amides is 1. The second-order valence-electron chi connectivity index (χ2n) is 2.84. The summed E-state index contributed by atoms with van der Waals surface area (Å²) >= 11 is 0. The van der Waals surface area contributed by atoms with Crippen molar-refractivity contribution in [2.24, 2.45) is 5.92 Å². The summed E-state index contributed by atoms with van der Waals surface area (Å²) in [5.41, 5.74) is 0. The van der Waals surface area contributed by atoms with Gasteiger partial charge in [0.15, 0.2) is 0 Å². The number of carboxylic acid groups (broad SMARTS) is 1. The Hall–Kier alpha value is -0.730. The highest BCUT2D eigenvalue weighted by atomic mass is 16.4. The van der Waals surface area contributed by atoms with Crippen LogP contribution in [-0.2, 0) is 0 Å². The maximum atomic E-state index is 10.3. The van der Waals surface area contributed by atoms with Gasteiger partial charge in [0.1, 0.15) is 0 Å². The molecule has 3 nitrogen and oxygen atoms in total. The van der Waals surface area contributed by atoms with Crippen LogP contribution in [0, 0.1) is 5.92 Å². The first kappa shape index (κ1) is 7.38. The lowest BCUT2D eigenvalue weighted by Gasteiger charge is -2.36. The van der Waals surface area contributed by atoms with Gasteiger partial charge in [0.2, 0.25) is 0 Å². The van der Waals surface area contributed by atoms with Gasteiger partial charge < -0.3 is 10.0 Å². The van der Waals surface area contributed by atoms with E-state index < -0.39 is 6.09 Å². The normalized spacial score (nSPS) is 18.7. The minimum absolute atomic E-state index is 0.640. The molecule has 3 heteroatoms. The zero-order valence-electron chi connectivity index (χ0n) is 6.21. The number of likely N-dealkylation sites (tertiary alicyclic amines) is 1. The standard InChI is InChI=1S/C7H13NO2/c1-2-3-6-4-8(5-6)7(9)10/h6H,2-5H2,1H3,(H,9,10). The number of hydrogen-bond donors (Lipinski definition) is 1. The van der Waals surface area contributed by atoms with Crippen molar-refractivity contribution in [3.05, 3.63) is 0 Å². The fourth-order valence-electron chi connectivity index (χ4n) is 1.32. The molecule has 1 amide bonds. The van der Waals surface area contributed by atoms with Crippen molar-refractivity contribution >= 4 is 6.09 Å². The van der Waals surface area contributed by atoms with Crippen molar-refractivity contribution in [1.82, 2.24) is 4.90 Å². The summed E-state index contributed by atoms with van der Waals surface area (Å²) in [4.78, 5) is 11.7. The molecule has 1 N–H and O–H groups in total. The number of rotatable bonds is 2. The molecule has 0 saturated carbocycles. The molecule has 1 aliphatic rings. The quantitative estimate of drug-likeness (QED) is 0.634. The topological polar surface area (TPSA) is 40.5 Å². The second-order valence-corrected chi connectivity index (χ2v) is 2.84. The Bertz CT molecular complexity index is 130. The first-order chi connectivity index (χ1) is 4.74. The van der Waals surface area contributed by atoms with Crippen molar-refractivity contribution in [1.29, 1.82) is 0 Å². The molecule has 0 unspecified atom stereocenters.